The van der Waals surface area contributed by atoms with Gasteiger partial charge in [0.15, 0.2) is 5.76 Å². The lowest BCUT2D eigenvalue weighted by Crippen LogP contribution is -2.29. The van der Waals surface area contributed by atoms with Gasteiger partial charge in [-0.1, -0.05) is 29.4 Å². The van der Waals surface area contributed by atoms with Gasteiger partial charge in [-0.25, -0.2) is 4.79 Å². The van der Waals surface area contributed by atoms with Crippen LogP contribution in [0.4, 0.5) is 10.5 Å². The Hall–Kier alpha value is -3.81. The smallest absolute Gasteiger partial charge is 0.412 e. The average Bonchev–Trinajstić information content (AvgIpc) is 3.19. The van der Waals surface area contributed by atoms with Crippen LogP contribution in [0.3, 0.4) is 0 Å². The molecule has 1 fully saturated rings. The zero-order valence-electron chi connectivity index (χ0n) is 20.1. The van der Waals surface area contributed by atoms with E-state index < -0.39 is 18.2 Å². The normalized spacial score (nSPS) is 18.5. The molecule has 35 heavy (non-hydrogen) atoms. The van der Waals surface area contributed by atoms with Crippen molar-refractivity contribution in [3.8, 4) is 17.1 Å². The fourth-order valence-electron chi connectivity index (χ4n) is 4.47. The van der Waals surface area contributed by atoms with Gasteiger partial charge in [0, 0.05) is 5.56 Å². The maximum Gasteiger partial charge on any atom is 0.412 e. The standard InChI is InChI=1S/C27H30N2O6/c1-16-7-4-5-10-23(16)18(3)33-27(32)28-24-17(2)29-35-25(24)19-11-13-21(14-12-19)34-22-9-6-8-20(15-22)26(30)31/h4-5,7,10-14,18,20,22H,6,8-9,15H2,1-3H3,(H,28,32)(H,30,31)/t18-,20?,22?/m1/s1. The van der Waals surface area contributed by atoms with E-state index in [1.807, 2.05) is 50.2 Å². The molecule has 4 rings (SSSR count). The summed E-state index contributed by atoms with van der Waals surface area (Å²) in [6, 6.07) is 15.0. The number of nitrogens with zero attached hydrogens (tertiary/aromatic N) is 1. The van der Waals surface area contributed by atoms with Crippen molar-refractivity contribution in [1.82, 2.24) is 5.16 Å². The van der Waals surface area contributed by atoms with Gasteiger partial charge >= 0.3 is 12.1 Å². The number of aromatic nitrogens is 1. The number of benzene rings is 2. The van der Waals surface area contributed by atoms with E-state index in [9.17, 15) is 14.7 Å². The lowest BCUT2D eigenvalue weighted by atomic mass is 9.87. The molecule has 0 radical (unpaired) electrons. The van der Waals surface area contributed by atoms with Crippen LogP contribution in [0, 0.1) is 19.8 Å². The van der Waals surface area contributed by atoms with Crippen LogP contribution in [-0.2, 0) is 9.53 Å². The zero-order chi connectivity index (χ0) is 24.9. The Balaban J connectivity index is 1.42. The van der Waals surface area contributed by atoms with E-state index >= 15 is 0 Å². The molecule has 3 atom stereocenters. The Bertz CT molecular complexity index is 1190. The van der Waals surface area contributed by atoms with Crippen molar-refractivity contribution < 1.29 is 28.7 Å². The van der Waals surface area contributed by atoms with Crippen LogP contribution in [0.1, 0.15) is 55.5 Å². The molecule has 0 aliphatic heterocycles. The SMILES string of the molecule is Cc1ccccc1[C@@H](C)OC(=O)Nc1c(C)noc1-c1ccc(OC2CCCC(C(=O)O)C2)cc1. The van der Waals surface area contributed by atoms with E-state index in [-0.39, 0.29) is 12.0 Å². The van der Waals surface area contributed by atoms with E-state index in [2.05, 4.69) is 10.5 Å². The summed E-state index contributed by atoms with van der Waals surface area (Å²) in [6.45, 7) is 5.54. The number of carbonyl (C=O) groups excluding carboxylic acids is 1. The number of aliphatic carboxylic acids is 1. The maximum atomic E-state index is 12.6. The Morgan fingerprint density at radius 3 is 2.57 bits per heavy atom. The molecule has 1 aromatic heterocycles. The van der Waals surface area contributed by atoms with Crippen molar-refractivity contribution in [2.75, 3.05) is 5.32 Å². The summed E-state index contributed by atoms with van der Waals surface area (Å²) in [5, 5.41) is 16.1. The first-order valence-corrected chi connectivity index (χ1v) is 11.8. The van der Waals surface area contributed by atoms with Crippen LogP contribution in [0.15, 0.2) is 53.1 Å². The Labute approximate surface area is 204 Å². The van der Waals surface area contributed by atoms with Gasteiger partial charge in [0.2, 0.25) is 0 Å². The minimum atomic E-state index is -0.763. The summed E-state index contributed by atoms with van der Waals surface area (Å²) in [5.41, 5.74) is 3.67. The number of hydrogen-bond acceptors (Lipinski definition) is 6. The molecule has 184 valence electrons. The van der Waals surface area contributed by atoms with Crippen LogP contribution in [0.2, 0.25) is 0 Å². The van der Waals surface area contributed by atoms with Crippen LogP contribution < -0.4 is 10.1 Å². The lowest BCUT2D eigenvalue weighted by Gasteiger charge is -2.27. The first-order valence-electron chi connectivity index (χ1n) is 11.8. The number of nitrogens with one attached hydrogen (secondary N) is 1. The first kappa shape index (κ1) is 24.3. The van der Waals surface area contributed by atoms with Crippen molar-refractivity contribution >= 4 is 17.7 Å². The van der Waals surface area contributed by atoms with Crippen molar-refractivity contribution in [2.24, 2.45) is 5.92 Å². The molecular weight excluding hydrogens is 448 g/mol. The average molecular weight is 479 g/mol. The summed E-state index contributed by atoms with van der Waals surface area (Å²) in [5.74, 6) is -0.0477. The zero-order valence-corrected chi connectivity index (χ0v) is 20.1. The highest BCUT2D eigenvalue weighted by Crippen LogP contribution is 2.34. The largest absolute Gasteiger partial charge is 0.490 e. The fourth-order valence-corrected chi connectivity index (χ4v) is 4.47. The van der Waals surface area contributed by atoms with Gasteiger partial charge in [-0.15, -0.1) is 0 Å². The van der Waals surface area contributed by atoms with Crippen LogP contribution in [-0.4, -0.2) is 28.4 Å². The maximum absolute atomic E-state index is 12.6. The molecular formula is C27H30N2O6. The molecule has 0 bridgehead atoms. The number of carboxylic acid groups (broad SMARTS) is 1. The summed E-state index contributed by atoms with van der Waals surface area (Å²) in [4.78, 5) is 23.9. The number of anilines is 1. The van der Waals surface area contributed by atoms with Crippen molar-refractivity contribution in [1.29, 1.82) is 0 Å². The molecule has 2 unspecified atom stereocenters. The molecule has 1 amide bonds. The van der Waals surface area contributed by atoms with Gasteiger partial charge in [0.1, 0.15) is 23.2 Å². The minimum absolute atomic E-state index is 0.120. The van der Waals surface area contributed by atoms with E-state index in [4.69, 9.17) is 14.0 Å². The number of rotatable bonds is 7. The number of amides is 1. The van der Waals surface area contributed by atoms with Crippen molar-refractivity contribution in [3.05, 3.63) is 65.4 Å². The van der Waals surface area contributed by atoms with Crippen molar-refractivity contribution in [3.63, 3.8) is 0 Å². The van der Waals surface area contributed by atoms with Gasteiger partial charge in [0.25, 0.3) is 0 Å². The third kappa shape index (κ3) is 5.82. The molecule has 2 aromatic carbocycles. The molecule has 1 heterocycles. The highest BCUT2D eigenvalue weighted by atomic mass is 16.6. The third-order valence-corrected chi connectivity index (χ3v) is 6.39. The summed E-state index contributed by atoms with van der Waals surface area (Å²) in [6.07, 6.45) is 1.74. The lowest BCUT2D eigenvalue weighted by molar-refractivity contribution is -0.143. The van der Waals surface area contributed by atoms with E-state index in [0.717, 1.165) is 24.0 Å². The topological polar surface area (TPSA) is 111 Å². The fraction of sp³-hybridized carbons (Fsp3) is 0.370. The Morgan fingerprint density at radius 1 is 1.11 bits per heavy atom. The number of ether oxygens (including phenoxy) is 2. The van der Waals surface area contributed by atoms with Gasteiger partial charge in [-0.2, -0.15) is 0 Å². The quantitative estimate of drug-likeness (QED) is 0.410. The van der Waals surface area contributed by atoms with Crippen molar-refractivity contribution in [2.45, 2.75) is 58.7 Å². The Morgan fingerprint density at radius 2 is 1.86 bits per heavy atom. The number of aryl methyl sites for hydroxylation is 2. The second-order valence-electron chi connectivity index (χ2n) is 8.97. The van der Waals surface area contributed by atoms with Gasteiger partial charge in [0.05, 0.1) is 12.0 Å². The molecule has 8 heteroatoms. The summed E-state index contributed by atoms with van der Waals surface area (Å²) >= 11 is 0. The molecule has 2 N–H and O–H groups in total. The second kappa shape index (κ2) is 10.6. The molecule has 1 aliphatic rings. The third-order valence-electron chi connectivity index (χ3n) is 6.39. The van der Waals surface area contributed by atoms with Crippen LogP contribution in [0.5, 0.6) is 5.75 Å². The Kier molecular flexibility index (Phi) is 7.39. The number of carbonyl (C=O) groups is 2. The molecule has 8 nitrogen and oxygen atoms in total. The summed E-state index contributed by atoms with van der Waals surface area (Å²) in [7, 11) is 0. The highest BCUT2D eigenvalue weighted by molar-refractivity contribution is 5.90. The number of hydrogen-bond donors (Lipinski definition) is 2. The van der Waals surface area contributed by atoms with E-state index in [1.54, 1.807) is 19.1 Å². The molecule has 1 saturated carbocycles. The van der Waals surface area contributed by atoms with E-state index in [0.29, 0.717) is 41.3 Å². The number of carboxylic acids is 1. The monoisotopic (exact) mass is 478 g/mol. The van der Waals surface area contributed by atoms with Crippen LogP contribution >= 0.6 is 0 Å². The molecule has 3 aromatic rings. The van der Waals surface area contributed by atoms with Gasteiger partial charge in [-0.05, 0) is 81.8 Å². The van der Waals surface area contributed by atoms with E-state index in [1.165, 1.54) is 0 Å². The minimum Gasteiger partial charge on any atom is -0.490 e. The highest BCUT2D eigenvalue weighted by Gasteiger charge is 2.28. The predicted molar refractivity (Wildman–Crippen MR) is 130 cm³/mol. The summed E-state index contributed by atoms with van der Waals surface area (Å²) < 4.78 is 17.1. The molecule has 0 saturated heterocycles. The van der Waals surface area contributed by atoms with Crippen LogP contribution in [0.25, 0.3) is 11.3 Å². The second-order valence-corrected chi connectivity index (χ2v) is 8.97. The predicted octanol–water partition coefficient (Wildman–Crippen LogP) is 6.29. The van der Waals surface area contributed by atoms with Gasteiger partial charge in [-0.3, -0.25) is 10.1 Å². The first-order chi connectivity index (χ1) is 16.8. The van der Waals surface area contributed by atoms with Gasteiger partial charge < -0.3 is 19.1 Å². The molecule has 0 spiro atoms. The molecule has 1 aliphatic carbocycles.